The summed E-state index contributed by atoms with van der Waals surface area (Å²) in [5.74, 6) is -1.15. The van der Waals surface area contributed by atoms with E-state index in [0.29, 0.717) is 17.0 Å². The number of aryl methyl sites for hydroxylation is 2. The lowest BCUT2D eigenvalue weighted by atomic mass is 9.94. The molecule has 4 rings (SSSR count). The van der Waals surface area contributed by atoms with Crippen molar-refractivity contribution in [2.45, 2.75) is 33.7 Å². The molecular weight excluding hydrogens is 452 g/mol. The Balaban J connectivity index is 1.94. The second-order valence-corrected chi connectivity index (χ2v) is 8.90. The smallest absolute Gasteiger partial charge is 0.300 e. The first-order valence-corrected chi connectivity index (χ1v) is 12.2. The monoisotopic (exact) mass is 484 g/mol. The van der Waals surface area contributed by atoms with Crippen molar-refractivity contribution >= 4 is 28.8 Å². The van der Waals surface area contributed by atoms with Gasteiger partial charge < -0.3 is 14.7 Å². The first-order chi connectivity index (χ1) is 17.3. The Labute approximate surface area is 212 Å². The van der Waals surface area contributed by atoms with Gasteiger partial charge in [-0.1, -0.05) is 36.4 Å². The third-order valence-corrected chi connectivity index (χ3v) is 6.91. The van der Waals surface area contributed by atoms with Gasteiger partial charge in [0.25, 0.3) is 11.7 Å². The van der Waals surface area contributed by atoms with E-state index in [0.717, 1.165) is 35.5 Å². The first-order valence-electron chi connectivity index (χ1n) is 12.2. The number of ketones is 1. The summed E-state index contributed by atoms with van der Waals surface area (Å²) in [6, 6.07) is 19.6. The number of aliphatic hydroxyl groups is 1. The number of para-hydroxylation sites is 2. The molecule has 1 heterocycles. The average molecular weight is 485 g/mol. The molecule has 0 spiro atoms. The maximum Gasteiger partial charge on any atom is 0.300 e. The Hall–Kier alpha value is -4.06. The van der Waals surface area contributed by atoms with Crippen LogP contribution in [-0.4, -0.2) is 37.0 Å². The SMILES string of the molecule is CCN(CC)c1ccc(C2/C(=C(/O)c3ccc(C)c(C)c3)C(=O)C(=O)N2c2ccccc2OC)cc1. The van der Waals surface area contributed by atoms with Gasteiger partial charge in [-0.15, -0.1) is 0 Å². The number of hydrogen-bond acceptors (Lipinski definition) is 5. The molecule has 1 aliphatic rings. The van der Waals surface area contributed by atoms with Crippen molar-refractivity contribution in [2.24, 2.45) is 0 Å². The molecule has 1 N–H and O–H groups in total. The van der Waals surface area contributed by atoms with E-state index in [1.54, 1.807) is 24.3 Å². The number of methoxy groups -OCH3 is 1. The molecule has 0 radical (unpaired) electrons. The average Bonchev–Trinajstić information content (AvgIpc) is 3.16. The summed E-state index contributed by atoms with van der Waals surface area (Å²) in [6.45, 7) is 9.85. The highest BCUT2D eigenvalue weighted by Gasteiger charge is 2.47. The van der Waals surface area contributed by atoms with Gasteiger partial charge in [0.15, 0.2) is 0 Å². The van der Waals surface area contributed by atoms with Crippen molar-refractivity contribution in [1.82, 2.24) is 0 Å². The van der Waals surface area contributed by atoms with Gasteiger partial charge in [-0.3, -0.25) is 14.5 Å². The molecule has 1 saturated heterocycles. The normalized spacial score (nSPS) is 16.9. The van der Waals surface area contributed by atoms with Crippen LogP contribution < -0.4 is 14.5 Å². The lowest BCUT2D eigenvalue weighted by Gasteiger charge is -2.27. The zero-order valence-electron chi connectivity index (χ0n) is 21.4. The maximum absolute atomic E-state index is 13.5. The molecule has 6 heteroatoms. The molecule has 3 aromatic carbocycles. The zero-order valence-corrected chi connectivity index (χ0v) is 21.4. The number of amides is 1. The molecule has 186 valence electrons. The third kappa shape index (κ3) is 4.35. The molecule has 0 aromatic heterocycles. The van der Waals surface area contributed by atoms with Crippen molar-refractivity contribution < 1.29 is 19.4 Å². The van der Waals surface area contributed by atoms with E-state index in [2.05, 4.69) is 18.7 Å². The van der Waals surface area contributed by atoms with E-state index in [-0.39, 0.29) is 11.3 Å². The minimum atomic E-state index is -0.811. The number of carbonyl (C=O) groups excluding carboxylic acids is 2. The van der Waals surface area contributed by atoms with Crippen LogP contribution in [0.4, 0.5) is 11.4 Å². The summed E-state index contributed by atoms with van der Waals surface area (Å²) in [5.41, 5.74) is 4.86. The third-order valence-electron chi connectivity index (χ3n) is 6.91. The minimum absolute atomic E-state index is 0.0600. The highest BCUT2D eigenvalue weighted by Crippen LogP contribution is 2.45. The van der Waals surface area contributed by atoms with Crippen LogP contribution >= 0.6 is 0 Å². The summed E-state index contributed by atoms with van der Waals surface area (Å²) in [7, 11) is 1.53. The van der Waals surface area contributed by atoms with Crippen LogP contribution in [0, 0.1) is 13.8 Å². The number of carbonyl (C=O) groups is 2. The predicted molar refractivity (Wildman–Crippen MR) is 144 cm³/mol. The molecule has 6 nitrogen and oxygen atoms in total. The van der Waals surface area contributed by atoms with Gasteiger partial charge in [0.1, 0.15) is 11.5 Å². The largest absolute Gasteiger partial charge is 0.507 e. The van der Waals surface area contributed by atoms with Crippen LogP contribution in [0.15, 0.2) is 72.3 Å². The number of Topliss-reactive ketones (excluding diaryl/α,β-unsaturated/α-hetero) is 1. The molecule has 1 aliphatic heterocycles. The molecule has 1 atom stereocenters. The number of nitrogens with zero attached hydrogens (tertiary/aromatic N) is 2. The zero-order chi connectivity index (χ0) is 26.0. The predicted octanol–water partition coefficient (Wildman–Crippen LogP) is 5.78. The van der Waals surface area contributed by atoms with Crippen LogP contribution in [0.3, 0.4) is 0 Å². The lowest BCUT2D eigenvalue weighted by molar-refractivity contribution is -0.132. The number of hydrogen-bond donors (Lipinski definition) is 1. The first kappa shape index (κ1) is 25.0. The number of rotatable bonds is 7. The molecule has 3 aromatic rings. The summed E-state index contributed by atoms with van der Waals surface area (Å²) in [6.07, 6.45) is 0. The number of aliphatic hydroxyl groups excluding tert-OH is 1. The van der Waals surface area contributed by atoms with Crippen molar-refractivity contribution in [2.75, 3.05) is 30.0 Å². The number of benzene rings is 3. The van der Waals surface area contributed by atoms with Gasteiger partial charge in [-0.25, -0.2) is 0 Å². The molecular formula is C30H32N2O4. The van der Waals surface area contributed by atoms with E-state index >= 15 is 0 Å². The summed E-state index contributed by atoms with van der Waals surface area (Å²) >= 11 is 0. The Morgan fingerprint density at radius 3 is 2.22 bits per heavy atom. The summed E-state index contributed by atoms with van der Waals surface area (Å²) in [5, 5.41) is 11.4. The molecule has 1 amide bonds. The van der Waals surface area contributed by atoms with Gasteiger partial charge in [0.05, 0.1) is 24.4 Å². The minimum Gasteiger partial charge on any atom is -0.507 e. The lowest BCUT2D eigenvalue weighted by Crippen LogP contribution is -2.30. The Morgan fingerprint density at radius 2 is 1.61 bits per heavy atom. The van der Waals surface area contributed by atoms with Crippen LogP contribution in [-0.2, 0) is 9.59 Å². The number of anilines is 2. The number of ether oxygens (including phenoxy) is 1. The fraction of sp³-hybridized carbons (Fsp3) is 0.267. The Morgan fingerprint density at radius 1 is 0.944 bits per heavy atom. The summed E-state index contributed by atoms with van der Waals surface area (Å²) in [4.78, 5) is 30.6. The van der Waals surface area contributed by atoms with Gasteiger partial charge >= 0.3 is 0 Å². The highest BCUT2D eigenvalue weighted by atomic mass is 16.5. The van der Waals surface area contributed by atoms with Crippen molar-refractivity contribution in [3.05, 3.63) is 94.6 Å². The van der Waals surface area contributed by atoms with E-state index in [1.165, 1.54) is 12.0 Å². The van der Waals surface area contributed by atoms with Crippen LogP contribution in [0.25, 0.3) is 5.76 Å². The Bertz CT molecular complexity index is 1320. The molecule has 1 unspecified atom stereocenters. The van der Waals surface area contributed by atoms with Crippen LogP contribution in [0.5, 0.6) is 5.75 Å². The quantitative estimate of drug-likeness (QED) is 0.261. The summed E-state index contributed by atoms with van der Waals surface area (Å²) < 4.78 is 5.52. The molecule has 36 heavy (non-hydrogen) atoms. The fourth-order valence-electron chi connectivity index (χ4n) is 4.73. The molecule has 1 fully saturated rings. The highest BCUT2D eigenvalue weighted by molar-refractivity contribution is 6.52. The van der Waals surface area contributed by atoms with E-state index in [1.807, 2.05) is 56.3 Å². The Kier molecular flexibility index (Phi) is 7.15. The van der Waals surface area contributed by atoms with Crippen molar-refractivity contribution in [3.63, 3.8) is 0 Å². The van der Waals surface area contributed by atoms with E-state index in [9.17, 15) is 14.7 Å². The van der Waals surface area contributed by atoms with Crippen molar-refractivity contribution in [1.29, 1.82) is 0 Å². The molecule has 0 bridgehead atoms. The van der Waals surface area contributed by atoms with Crippen LogP contribution in [0.1, 0.15) is 42.1 Å². The van der Waals surface area contributed by atoms with Crippen LogP contribution in [0.2, 0.25) is 0 Å². The topological polar surface area (TPSA) is 70.1 Å². The second-order valence-electron chi connectivity index (χ2n) is 8.90. The van der Waals surface area contributed by atoms with E-state index < -0.39 is 17.7 Å². The molecule has 0 aliphatic carbocycles. The molecule has 0 saturated carbocycles. The van der Waals surface area contributed by atoms with Gasteiger partial charge in [-0.05, 0) is 74.7 Å². The van der Waals surface area contributed by atoms with Gasteiger partial charge in [0.2, 0.25) is 0 Å². The maximum atomic E-state index is 13.5. The van der Waals surface area contributed by atoms with Crippen molar-refractivity contribution in [3.8, 4) is 5.75 Å². The van der Waals surface area contributed by atoms with E-state index in [4.69, 9.17) is 4.74 Å². The standard InChI is InChI=1S/C30H32N2O4/c1-6-31(7-2)23-16-14-21(15-17-23)27-26(28(33)22-13-12-19(3)20(4)18-22)29(34)30(35)32(27)24-10-8-9-11-25(24)36-5/h8-18,27,33H,6-7H2,1-5H3/b28-26-. The van der Waals surface area contributed by atoms with Gasteiger partial charge in [-0.2, -0.15) is 0 Å². The van der Waals surface area contributed by atoms with Gasteiger partial charge in [0, 0.05) is 24.3 Å². The second kappa shape index (κ2) is 10.3. The fourth-order valence-corrected chi connectivity index (χ4v) is 4.73.